The second-order valence-electron chi connectivity index (χ2n) is 8.10. The van der Waals surface area contributed by atoms with Crippen LogP contribution in [0.5, 0.6) is 0 Å². The van der Waals surface area contributed by atoms with Crippen LogP contribution in [-0.2, 0) is 0 Å². The van der Waals surface area contributed by atoms with Crippen LogP contribution in [0.4, 0.5) is 5.69 Å². The van der Waals surface area contributed by atoms with E-state index in [1.54, 1.807) is 0 Å². The van der Waals surface area contributed by atoms with Crippen LogP contribution in [0.15, 0.2) is 29.3 Å². The maximum Gasteiger partial charge on any atom is 0.191 e. The first-order valence-corrected chi connectivity index (χ1v) is 10.7. The number of rotatable bonds is 8. The minimum Gasteiger partial charge on any atom is -0.369 e. The van der Waals surface area contributed by atoms with Crippen molar-refractivity contribution < 1.29 is 0 Å². The number of benzene rings is 1. The van der Waals surface area contributed by atoms with Gasteiger partial charge < -0.3 is 15.5 Å². The lowest BCUT2D eigenvalue weighted by molar-refractivity contribution is 0.253. The molecule has 1 aliphatic heterocycles. The van der Waals surface area contributed by atoms with Crippen molar-refractivity contribution in [3.8, 4) is 0 Å². The van der Waals surface area contributed by atoms with Gasteiger partial charge in [-0.1, -0.05) is 19.1 Å². The normalized spacial score (nSPS) is 23.4. The third-order valence-electron chi connectivity index (χ3n) is 5.67. The van der Waals surface area contributed by atoms with Gasteiger partial charge in [-0.15, -0.1) is 0 Å². The van der Waals surface area contributed by atoms with Crippen molar-refractivity contribution in [2.24, 2.45) is 10.9 Å². The fraction of sp³-hybridized carbons (Fsp3) is 0.682. The second-order valence-corrected chi connectivity index (χ2v) is 8.10. The van der Waals surface area contributed by atoms with Gasteiger partial charge in [-0.25, -0.2) is 0 Å². The minimum absolute atomic E-state index is 0.632. The van der Waals surface area contributed by atoms with E-state index in [0.717, 1.165) is 44.5 Å². The molecule has 150 valence electrons. The van der Waals surface area contributed by atoms with Crippen LogP contribution >= 0.6 is 0 Å². The molecule has 5 nitrogen and oxygen atoms in total. The number of aliphatic imine (C=N–C) groups is 1. The highest BCUT2D eigenvalue weighted by molar-refractivity contribution is 5.80. The topological polar surface area (TPSA) is 42.9 Å². The highest BCUT2D eigenvalue weighted by Gasteiger charge is 2.33. The molecular weight excluding hydrogens is 334 g/mol. The number of nitrogens with one attached hydrogen (secondary N) is 2. The molecule has 0 bridgehead atoms. The zero-order valence-electron chi connectivity index (χ0n) is 17.4. The van der Waals surface area contributed by atoms with E-state index < -0.39 is 0 Å². The SMILES string of the molecule is CCNC(=NCCCCN1CCN(c2cccc(C)c2)CC1)NC1CC1C. The van der Waals surface area contributed by atoms with Gasteiger partial charge in [0.05, 0.1) is 0 Å². The molecule has 5 heteroatoms. The van der Waals surface area contributed by atoms with E-state index in [-0.39, 0.29) is 0 Å². The number of anilines is 1. The van der Waals surface area contributed by atoms with Gasteiger partial charge in [0.25, 0.3) is 0 Å². The Morgan fingerprint density at radius 2 is 1.96 bits per heavy atom. The Hall–Kier alpha value is -1.75. The minimum atomic E-state index is 0.632. The van der Waals surface area contributed by atoms with Gasteiger partial charge in [0, 0.05) is 51.0 Å². The maximum absolute atomic E-state index is 4.74. The van der Waals surface area contributed by atoms with Crippen LogP contribution < -0.4 is 15.5 Å². The zero-order valence-corrected chi connectivity index (χ0v) is 17.4. The van der Waals surface area contributed by atoms with Gasteiger partial charge in [-0.05, 0) is 63.3 Å². The summed E-state index contributed by atoms with van der Waals surface area (Å²) in [5, 5.41) is 6.89. The number of unbranched alkanes of at least 4 members (excludes halogenated alkanes) is 1. The molecule has 0 spiro atoms. The average molecular weight is 372 g/mol. The quantitative estimate of drug-likeness (QED) is 0.419. The fourth-order valence-corrected chi connectivity index (χ4v) is 3.71. The van der Waals surface area contributed by atoms with Gasteiger partial charge >= 0.3 is 0 Å². The van der Waals surface area contributed by atoms with Crippen molar-refractivity contribution in [1.82, 2.24) is 15.5 Å². The molecule has 0 aromatic heterocycles. The van der Waals surface area contributed by atoms with Gasteiger partial charge in [0.2, 0.25) is 0 Å². The summed E-state index contributed by atoms with van der Waals surface area (Å²) in [4.78, 5) is 9.86. The smallest absolute Gasteiger partial charge is 0.191 e. The zero-order chi connectivity index (χ0) is 19.1. The van der Waals surface area contributed by atoms with E-state index in [2.05, 4.69) is 65.5 Å². The van der Waals surface area contributed by atoms with Gasteiger partial charge in [0.15, 0.2) is 5.96 Å². The van der Waals surface area contributed by atoms with Gasteiger partial charge in [-0.2, -0.15) is 0 Å². The molecule has 1 aliphatic carbocycles. The predicted molar refractivity (Wildman–Crippen MR) is 116 cm³/mol. The van der Waals surface area contributed by atoms with E-state index in [1.165, 1.54) is 43.7 Å². The summed E-state index contributed by atoms with van der Waals surface area (Å²) in [7, 11) is 0. The Morgan fingerprint density at radius 3 is 2.63 bits per heavy atom. The summed E-state index contributed by atoms with van der Waals surface area (Å²) in [5.74, 6) is 1.80. The molecule has 3 rings (SSSR count). The van der Waals surface area contributed by atoms with Crippen molar-refractivity contribution in [3.63, 3.8) is 0 Å². The van der Waals surface area contributed by atoms with Crippen LogP contribution in [0.2, 0.25) is 0 Å². The lowest BCUT2D eigenvalue weighted by atomic mass is 10.2. The molecule has 1 saturated heterocycles. The van der Waals surface area contributed by atoms with E-state index >= 15 is 0 Å². The van der Waals surface area contributed by atoms with E-state index in [4.69, 9.17) is 4.99 Å². The summed E-state index contributed by atoms with van der Waals surface area (Å²) < 4.78 is 0. The summed E-state index contributed by atoms with van der Waals surface area (Å²) in [6, 6.07) is 9.50. The lowest BCUT2D eigenvalue weighted by Gasteiger charge is -2.36. The van der Waals surface area contributed by atoms with Crippen molar-refractivity contribution in [2.45, 2.75) is 46.1 Å². The monoisotopic (exact) mass is 371 g/mol. The van der Waals surface area contributed by atoms with Crippen LogP contribution in [0.1, 0.15) is 38.7 Å². The highest BCUT2D eigenvalue weighted by atomic mass is 15.3. The van der Waals surface area contributed by atoms with Crippen molar-refractivity contribution in [2.75, 3.05) is 50.7 Å². The van der Waals surface area contributed by atoms with Crippen molar-refractivity contribution >= 4 is 11.6 Å². The first kappa shape index (κ1) is 20.0. The Morgan fingerprint density at radius 1 is 1.19 bits per heavy atom. The molecule has 2 atom stereocenters. The number of piperazine rings is 1. The first-order valence-electron chi connectivity index (χ1n) is 10.7. The molecule has 2 N–H and O–H groups in total. The molecule has 2 aliphatic rings. The van der Waals surface area contributed by atoms with Crippen LogP contribution in [0, 0.1) is 12.8 Å². The maximum atomic E-state index is 4.74. The Bertz CT molecular complexity index is 606. The average Bonchev–Trinajstić information content (AvgIpc) is 3.36. The number of nitrogens with zero attached hydrogens (tertiary/aromatic N) is 3. The highest BCUT2D eigenvalue weighted by Crippen LogP contribution is 2.28. The van der Waals surface area contributed by atoms with Crippen LogP contribution in [-0.4, -0.2) is 62.7 Å². The Balaban J connectivity index is 1.31. The molecule has 1 saturated carbocycles. The molecule has 27 heavy (non-hydrogen) atoms. The van der Waals surface area contributed by atoms with Gasteiger partial charge in [0.1, 0.15) is 0 Å². The molecule has 2 fully saturated rings. The summed E-state index contributed by atoms with van der Waals surface area (Å²) in [5.41, 5.74) is 2.72. The number of hydrogen-bond donors (Lipinski definition) is 2. The molecule has 0 amide bonds. The number of hydrogen-bond acceptors (Lipinski definition) is 3. The van der Waals surface area contributed by atoms with E-state index in [1.807, 2.05) is 0 Å². The summed E-state index contributed by atoms with van der Waals surface area (Å²) >= 11 is 0. The fourth-order valence-electron chi connectivity index (χ4n) is 3.71. The molecular formula is C22H37N5. The van der Waals surface area contributed by atoms with Crippen molar-refractivity contribution in [3.05, 3.63) is 29.8 Å². The summed E-state index contributed by atoms with van der Waals surface area (Å²) in [6.07, 6.45) is 3.67. The number of guanidine groups is 1. The third-order valence-corrected chi connectivity index (χ3v) is 5.67. The van der Waals surface area contributed by atoms with Gasteiger partial charge in [-0.3, -0.25) is 9.89 Å². The lowest BCUT2D eigenvalue weighted by Crippen LogP contribution is -2.46. The summed E-state index contributed by atoms with van der Waals surface area (Å²) in [6.45, 7) is 14.2. The molecule has 2 unspecified atom stereocenters. The second kappa shape index (κ2) is 9.98. The third kappa shape index (κ3) is 6.42. The Labute approximate surface area is 165 Å². The molecule has 0 radical (unpaired) electrons. The van der Waals surface area contributed by atoms with Crippen LogP contribution in [0.25, 0.3) is 0 Å². The predicted octanol–water partition coefficient (Wildman–Crippen LogP) is 2.86. The standard InChI is InChI=1S/C22H37N5/c1-4-23-22(25-21-17-19(21)3)24-10-5-6-11-26-12-14-27(15-13-26)20-9-7-8-18(2)16-20/h7-9,16,19,21H,4-6,10-15,17H2,1-3H3,(H2,23,24,25). The molecule has 1 heterocycles. The van der Waals surface area contributed by atoms with Crippen molar-refractivity contribution in [1.29, 1.82) is 0 Å². The van der Waals surface area contributed by atoms with Crippen LogP contribution in [0.3, 0.4) is 0 Å². The first-order chi connectivity index (χ1) is 13.2. The van der Waals surface area contributed by atoms with E-state index in [0.29, 0.717) is 6.04 Å². The largest absolute Gasteiger partial charge is 0.369 e. The number of aryl methyl sites for hydroxylation is 1. The molecule has 1 aromatic carbocycles. The molecule has 1 aromatic rings. The van der Waals surface area contributed by atoms with E-state index in [9.17, 15) is 0 Å². The Kier molecular flexibility index (Phi) is 7.39.